The van der Waals surface area contributed by atoms with Crippen LogP contribution in [0.3, 0.4) is 0 Å². The van der Waals surface area contributed by atoms with E-state index in [4.69, 9.17) is 10.2 Å². The maximum atomic E-state index is 5.48. The number of aromatic nitrogens is 1. The summed E-state index contributed by atoms with van der Waals surface area (Å²) < 4.78 is 5.37. The Labute approximate surface area is 108 Å². The second-order valence-electron chi connectivity index (χ2n) is 4.60. The summed E-state index contributed by atoms with van der Waals surface area (Å²) in [7, 11) is 0. The van der Waals surface area contributed by atoms with E-state index >= 15 is 0 Å². The van der Waals surface area contributed by atoms with Crippen LogP contribution in [0.5, 0.6) is 0 Å². The predicted molar refractivity (Wildman–Crippen MR) is 73.4 cm³/mol. The smallest absolute Gasteiger partial charge is 0.195 e. The zero-order chi connectivity index (χ0) is 13.0. The Hall–Kier alpha value is -1.61. The SMILES string of the molecule is CCC(C)c1ccc(-c2coc(CCN)n2)cc1. The molecule has 96 valence electrons. The second kappa shape index (κ2) is 5.83. The molecule has 2 N–H and O–H groups in total. The standard InChI is InChI=1S/C15H20N2O/c1-3-11(2)12-4-6-13(7-5-12)14-10-18-15(17-14)8-9-16/h4-7,10-11H,3,8-9,16H2,1-2H3. The van der Waals surface area contributed by atoms with Crippen LogP contribution in [0, 0.1) is 0 Å². The molecule has 1 heterocycles. The first-order chi connectivity index (χ1) is 8.74. The van der Waals surface area contributed by atoms with E-state index in [9.17, 15) is 0 Å². The van der Waals surface area contributed by atoms with E-state index in [1.807, 2.05) is 0 Å². The highest BCUT2D eigenvalue weighted by Gasteiger charge is 2.07. The minimum absolute atomic E-state index is 0.562. The van der Waals surface area contributed by atoms with Gasteiger partial charge >= 0.3 is 0 Å². The Kier molecular flexibility index (Phi) is 4.15. The lowest BCUT2D eigenvalue weighted by atomic mass is 9.97. The topological polar surface area (TPSA) is 52.0 Å². The number of benzene rings is 1. The highest BCUT2D eigenvalue weighted by Crippen LogP contribution is 2.23. The third-order valence-electron chi connectivity index (χ3n) is 3.30. The summed E-state index contributed by atoms with van der Waals surface area (Å²) in [5.41, 5.74) is 8.82. The summed E-state index contributed by atoms with van der Waals surface area (Å²) in [5.74, 6) is 1.31. The van der Waals surface area contributed by atoms with Crippen molar-refractivity contribution >= 4 is 0 Å². The van der Waals surface area contributed by atoms with E-state index in [1.54, 1.807) is 6.26 Å². The molecule has 3 heteroatoms. The van der Waals surface area contributed by atoms with E-state index in [-0.39, 0.29) is 0 Å². The van der Waals surface area contributed by atoms with Gasteiger partial charge in [0.15, 0.2) is 5.89 Å². The van der Waals surface area contributed by atoms with Crippen LogP contribution >= 0.6 is 0 Å². The van der Waals surface area contributed by atoms with Crippen molar-refractivity contribution in [3.8, 4) is 11.3 Å². The molecule has 0 aliphatic carbocycles. The van der Waals surface area contributed by atoms with E-state index < -0.39 is 0 Å². The molecule has 0 radical (unpaired) electrons. The Morgan fingerprint density at radius 3 is 2.61 bits per heavy atom. The molecule has 1 aromatic carbocycles. The molecule has 1 aromatic heterocycles. The van der Waals surface area contributed by atoms with Crippen molar-refractivity contribution in [2.45, 2.75) is 32.6 Å². The van der Waals surface area contributed by atoms with Gasteiger partial charge in [0.2, 0.25) is 0 Å². The van der Waals surface area contributed by atoms with Gasteiger partial charge in [-0.05, 0) is 17.9 Å². The monoisotopic (exact) mass is 244 g/mol. The van der Waals surface area contributed by atoms with Crippen LogP contribution in [-0.2, 0) is 6.42 Å². The predicted octanol–water partition coefficient (Wildman–Crippen LogP) is 3.36. The summed E-state index contributed by atoms with van der Waals surface area (Å²) in [6.07, 6.45) is 3.54. The Balaban J connectivity index is 2.17. The molecule has 0 saturated heterocycles. The molecule has 2 aromatic rings. The molecular formula is C15H20N2O. The van der Waals surface area contributed by atoms with Crippen molar-refractivity contribution < 1.29 is 4.42 Å². The molecule has 18 heavy (non-hydrogen) atoms. The maximum absolute atomic E-state index is 5.48. The van der Waals surface area contributed by atoms with Crippen molar-refractivity contribution in [1.82, 2.24) is 4.98 Å². The number of hydrogen-bond donors (Lipinski definition) is 1. The third-order valence-corrected chi connectivity index (χ3v) is 3.30. The lowest BCUT2D eigenvalue weighted by Gasteiger charge is -2.08. The lowest BCUT2D eigenvalue weighted by Crippen LogP contribution is -2.02. The Bertz CT molecular complexity index is 487. The molecule has 0 aliphatic rings. The summed E-state index contributed by atoms with van der Waals surface area (Å²) in [6.45, 7) is 5.01. The van der Waals surface area contributed by atoms with E-state index in [0.717, 1.165) is 17.7 Å². The van der Waals surface area contributed by atoms with Gasteiger partial charge in [0.1, 0.15) is 12.0 Å². The summed E-state index contributed by atoms with van der Waals surface area (Å²) in [4.78, 5) is 4.42. The zero-order valence-electron chi connectivity index (χ0n) is 11.0. The van der Waals surface area contributed by atoms with Crippen LogP contribution in [-0.4, -0.2) is 11.5 Å². The number of nitrogens with zero attached hydrogens (tertiary/aromatic N) is 1. The van der Waals surface area contributed by atoms with Gasteiger partial charge < -0.3 is 10.2 Å². The van der Waals surface area contributed by atoms with Crippen LogP contribution in [0.25, 0.3) is 11.3 Å². The fourth-order valence-corrected chi connectivity index (χ4v) is 1.90. The minimum atomic E-state index is 0.562. The van der Waals surface area contributed by atoms with Gasteiger partial charge in [-0.1, -0.05) is 38.1 Å². The number of hydrogen-bond acceptors (Lipinski definition) is 3. The van der Waals surface area contributed by atoms with Crippen LogP contribution in [0.4, 0.5) is 0 Å². The maximum Gasteiger partial charge on any atom is 0.195 e. The zero-order valence-corrected chi connectivity index (χ0v) is 11.0. The van der Waals surface area contributed by atoms with E-state index in [2.05, 4.69) is 43.1 Å². The van der Waals surface area contributed by atoms with Crippen molar-refractivity contribution in [3.05, 3.63) is 42.0 Å². The summed E-state index contributed by atoms with van der Waals surface area (Å²) >= 11 is 0. The third kappa shape index (κ3) is 2.79. The first-order valence-corrected chi connectivity index (χ1v) is 6.49. The highest BCUT2D eigenvalue weighted by molar-refractivity contribution is 5.58. The molecule has 0 saturated carbocycles. The van der Waals surface area contributed by atoms with Crippen molar-refractivity contribution in [2.75, 3.05) is 6.54 Å². The molecule has 2 rings (SSSR count). The molecule has 0 aliphatic heterocycles. The van der Waals surface area contributed by atoms with Gasteiger partial charge in [0.05, 0.1) is 0 Å². The average Bonchev–Trinajstić information content (AvgIpc) is 2.87. The fourth-order valence-electron chi connectivity index (χ4n) is 1.90. The van der Waals surface area contributed by atoms with Crippen molar-refractivity contribution in [2.24, 2.45) is 5.73 Å². The van der Waals surface area contributed by atoms with Crippen LogP contribution < -0.4 is 5.73 Å². The highest BCUT2D eigenvalue weighted by atomic mass is 16.3. The minimum Gasteiger partial charge on any atom is -0.448 e. The molecular weight excluding hydrogens is 224 g/mol. The normalized spacial score (nSPS) is 12.6. The van der Waals surface area contributed by atoms with Gasteiger partial charge in [0.25, 0.3) is 0 Å². The lowest BCUT2D eigenvalue weighted by molar-refractivity contribution is 0.496. The van der Waals surface area contributed by atoms with E-state index in [0.29, 0.717) is 24.8 Å². The van der Waals surface area contributed by atoms with Gasteiger partial charge in [-0.3, -0.25) is 0 Å². The Morgan fingerprint density at radius 1 is 1.28 bits per heavy atom. The molecule has 0 bridgehead atoms. The van der Waals surface area contributed by atoms with Gasteiger partial charge in [-0.2, -0.15) is 0 Å². The number of oxazole rings is 1. The Morgan fingerprint density at radius 2 is 2.00 bits per heavy atom. The van der Waals surface area contributed by atoms with Gasteiger partial charge in [-0.15, -0.1) is 0 Å². The molecule has 3 nitrogen and oxygen atoms in total. The molecule has 0 spiro atoms. The van der Waals surface area contributed by atoms with Crippen molar-refractivity contribution in [3.63, 3.8) is 0 Å². The van der Waals surface area contributed by atoms with Crippen LogP contribution in [0.2, 0.25) is 0 Å². The average molecular weight is 244 g/mol. The summed E-state index contributed by atoms with van der Waals surface area (Å²) in [6, 6.07) is 8.54. The van der Waals surface area contributed by atoms with E-state index in [1.165, 1.54) is 5.56 Å². The number of rotatable bonds is 5. The largest absolute Gasteiger partial charge is 0.448 e. The van der Waals surface area contributed by atoms with Crippen molar-refractivity contribution in [1.29, 1.82) is 0 Å². The van der Waals surface area contributed by atoms with Gasteiger partial charge in [0, 0.05) is 18.5 Å². The van der Waals surface area contributed by atoms with Crippen LogP contribution in [0.15, 0.2) is 34.9 Å². The second-order valence-corrected chi connectivity index (χ2v) is 4.60. The molecule has 0 fully saturated rings. The number of nitrogens with two attached hydrogens (primary N) is 1. The molecule has 0 amide bonds. The summed E-state index contributed by atoms with van der Waals surface area (Å²) in [5, 5.41) is 0. The first-order valence-electron chi connectivity index (χ1n) is 6.49. The fraction of sp³-hybridized carbons (Fsp3) is 0.400. The van der Waals surface area contributed by atoms with Gasteiger partial charge in [-0.25, -0.2) is 4.98 Å². The molecule has 1 atom stereocenters. The first kappa shape index (κ1) is 12.8. The van der Waals surface area contributed by atoms with Crippen LogP contribution in [0.1, 0.15) is 37.6 Å². The quantitative estimate of drug-likeness (QED) is 0.877. The molecule has 1 unspecified atom stereocenters.